The average Bonchev–Trinajstić information content (AvgIpc) is 3.28. The van der Waals surface area contributed by atoms with E-state index in [9.17, 15) is 9.59 Å². The molecule has 0 radical (unpaired) electrons. The Kier molecular flexibility index (Phi) is 3.51. The van der Waals surface area contributed by atoms with Crippen LogP contribution in [0.3, 0.4) is 0 Å². The van der Waals surface area contributed by atoms with Crippen LogP contribution in [0.4, 0.5) is 0 Å². The van der Waals surface area contributed by atoms with Crippen LogP contribution in [0.1, 0.15) is 50.9 Å². The first-order chi connectivity index (χ1) is 10.2. The first-order valence-corrected chi connectivity index (χ1v) is 6.78. The molecular weight excluding hydrogens is 270 g/mol. The molecular formula is C15H15N3O3. The molecule has 0 unspecified atom stereocenters. The Bertz CT molecular complexity index is 672. The highest BCUT2D eigenvalue weighted by Gasteiger charge is 2.31. The minimum absolute atomic E-state index is 0.357. The Labute approximate surface area is 121 Å². The van der Waals surface area contributed by atoms with E-state index >= 15 is 0 Å². The molecule has 21 heavy (non-hydrogen) atoms. The van der Waals surface area contributed by atoms with Crippen molar-refractivity contribution in [3.8, 4) is 0 Å². The third kappa shape index (κ3) is 2.69. The Morgan fingerprint density at radius 1 is 1.38 bits per heavy atom. The van der Waals surface area contributed by atoms with Gasteiger partial charge < -0.3 is 4.74 Å². The van der Waals surface area contributed by atoms with Gasteiger partial charge in [0.15, 0.2) is 6.29 Å². The molecule has 3 rings (SSSR count). The Morgan fingerprint density at radius 2 is 2.10 bits per heavy atom. The lowest BCUT2D eigenvalue weighted by Crippen LogP contribution is -2.07. The minimum Gasteiger partial charge on any atom is -0.465 e. The highest BCUT2D eigenvalue weighted by atomic mass is 16.5. The van der Waals surface area contributed by atoms with Crippen LogP contribution in [-0.4, -0.2) is 34.4 Å². The monoisotopic (exact) mass is 285 g/mol. The predicted molar refractivity (Wildman–Crippen MR) is 74.3 cm³/mol. The Balaban J connectivity index is 1.82. The van der Waals surface area contributed by atoms with Crippen LogP contribution in [0, 0.1) is 0 Å². The van der Waals surface area contributed by atoms with Gasteiger partial charge in [0.25, 0.3) is 0 Å². The van der Waals surface area contributed by atoms with Crippen LogP contribution in [0.25, 0.3) is 0 Å². The summed E-state index contributed by atoms with van der Waals surface area (Å²) in [4.78, 5) is 22.4. The van der Waals surface area contributed by atoms with E-state index in [-0.39, 0.29) is 5.97 Å². The van der Waals surface area contributed by atoms with Gasteiger partial charge in [-0.25, -0.2) is 9.48 Å². The Morgan fingerprint density at radius 3 is 2.67 bits per heavy atom. The fraction of sp³-hybridized carbons (Fsp3) is 0.333. The van der Waals surface area contributed by atoms with Crippen molar-refractivity contribution in [2.24, 2.45) is 0 Å². The fourth-order valence-corrected chi connectivity index (χ4v) is 2.35. The standard InChI is InChI=1S/C15H15N3O3/c1-21-15(20)12-4-2-10(3-5-12)8-18-14(11-6-7-11)13(9-19)16-17-18/h2-5,9,11H,6-8H2,1H3. The molecule has 1 aliphatic carbocycles. The number of carbonyl (C=O) groups is 2. The summed E-state index contributed by atoms with van der Waals surface area (Å²) in [7, 11) is 1.36. The van der Waals surface area contributed by atoms with Crippen molar-refractivity contribution in [2.75, 3.05) is 7.11 Å². The molecule has 1 aliphatic rings. The molecule has 0 amide bonds. The number of hydrogen-bond donors (Lipinski definition) is 0. The summed E-state index contributed by atoms with van der Waals surface area (Å²) in [5, 5.41) is 7.98. The number of aromatic nitrogens is 3. The summed E-state index contributed by atoms with van der Waals surface area (Å²) in [6, 6.07) is 7.14. The molecule has 0 N–H and O–H groups in total. The summed E-state index contributed by atoms with van der Waals surface area (Å²) in [5.74, 6) is 0.0405. The number of ether oxygens (including phenoxy) is 1. The smallest absolute Gasteiger partial charge is 0.337 e. The van der Waals surface area contributed by atoms with Crippen LogP contribution >= 0.6 is 0 Å². The number of rotatable bonds is 5. The van der Waals surface area contributed by atoms with Crippen molar-refractivity contribution in [3.63, 3.8) is 0 Å². The van der Waals surface area contributed by atoms with E-state index in [0.29, 0.717) is 23.7 Å². The average molecular weight is 285 g/mol. The van der Waals surface area contributed by atoms with Gasteiger partial charge in [-0.1, -0.05) is 17.3 Å². The quantitative estimate of drug-likeness (QED) is 0.618. The van der Waals surface area contributed by atoms with Crippen LogP contribution < -0.4 is 0 Å². The molecule has 1 aromatic carbocycles. The summed E-state index contributed by atoms with van der Waals surface area (Å²) in [5.41, 5.74) is 2.86. The molecule has 0 spiro atoms. The Hall–Kier alpha value is -2.50. The van der Waals surface area contributed by atoms with E-state index in [1.807, 2.05) is 12.1 Å². The van der Waals surface area contributed by atoms with Crippen molar-refractivity contribution >= 4 is 12.3 Å². The maximum absolute atomic E-state index is 11.4. The second-order valence-electron chi connectivity index (χ2n) is 5.10. The molecule has 1 aromatic heterocycles. The number of esters is 1. The van der Waals surface area contributed by atoms with Crippen molar-refractivity contribution in [1.82, 2.24) is 15.0 Å². The molecule has 1 fully saturated rings. The predicted octanol–water partition coefficient (Wildman–Crippen LogP) is 1.80. The van der Waals surface area contributed by atoms with Crippen molar-refractivity contribution < 1.29 is 14.3 Å². The maximum Gasteiger partial charge on any atom is 0.337 e. The zero-order chi connectivity index (χ0) is 14.8. The van der Waals surface area contributed by atoms with Crippen LogP contribution in [0.5, 0.6) is 0 Å². The second kappa shape index (κ2) is 5.47. The molecule has 0 aliphatic heterocycles. The largest absolute Gasteiger partial charge is 0.465 e. The van der Waals surface area contributed by atoms with Gasteiger partial charge in [-0.2, -0.15) is 0 Å². The SMILES string of the molecule is COC(=O)c1ccc(Cn2nnc(C=O)c2C2CC2)cc1. The molecule has 2 aromatic rings. The topological polar surface area (TPSA) is 74.1 Å². The molecule has 0 bridgehead atoms. The first-order valence-electron chi connectivity index (χ1n) is 6.78. The zero-order valence-corrected chi connectivity index (χ0v) is 11.7. The molecule has 1 saturated carbocycles. The number of hydrogen-bond acceptors (Lipinski definition) is 5. The van der Waals surface area contributed by atoms with Crippen LogP contribution in [0.15, 0.2) is 24.3 Å². The van der Waals surface area contributed by atoms with E-state index in [1.54, 1.807) is 16.8 Å². The molecule has 6 nitrogen and oxygen atoms in total. The summed E-state index contributed by atoms with van der Waals surface area (Å²) >= 11 is 0. The third-order valence-electron chi connectivity index (χ3n) is 3.58. The van der Waals surface area contributed by atoms with Crippen molar-refractivity contribution in [2.45, 2.75) is 25.3 Å². The highest BCUT2D eigenvalue weighted by molar-refractivity contribution is 5.89. The molecule has 0 saturated heterocycles. The lowest BCUT2D eigenvalue weighted by molar-refractivity contribution is 0.0600. The van der Waals surface area contributed by atoms with E-state index in [1.165, 1.54) is 7.11 Å². The van der Waals surface area contributed by atoms with Crippen molar-refractivity contribution in [3.05, 3.63) is 46.8 Å². The second-order valence-corrected chi connectivity index (χ2v) is 5.10. The molecule has 108 valence electrons. The zero-order valence-electron chi connectivity index (χ0n) is 11.7. The number of nitrogens with zero attached hydrogens (tertiary/aromatic N) is 3. The lowest BCUT2D eigenvalue weighted by atomic mass is 10.1. The summed E-state index contributed by atoms with van der Waals surface area (Å²) < 4.78 is 6.44. The molecule has 0 atom stereocenters. The van der Waals surface area contributed by atoms with Gasteiger partial charge in [0.05, 0.1) is 24.9 Å². The summed E-state index contributed by atoms with van der Waals surface area (Å²) in [6.45, 7) is 0.536. The van der Waals surface area contributed by atoms with Gasteiger partial charge in [-0.3, -0.25) is 4.79 Å². The van der Waals surface area contributed by atoms with Gasteiger partial charge in [-0.05, 0) is 30.5 Å². The highest BCUT2D eigenvalue weighted by Crippen LogP contribution is 2.40. The van der Waals surface area contributed by atoms with Gasteiger partial charge in [0.2, 0.25) is 0 Å². The van der Waals surface area contributed by atoms with Gasteiger partial charge in [-0.15, -0.1) is 5.10 Å². The number of benzene rings is 1. The van der Waals surface area contributed by atoms with Crippen molar-refractivity contribution in [1.29, 1.82) is 0 Å². The fourth-order valence-electron chi connectivity index (χ4n) is 2.35. The number of carbonyl (C=O) groups excluding carboxylic acids is 2. The minimum atomic E-state index is -0.357. The van der Waals surface area contributed by atoms with Crippen LogP contribution in [-0.2, 0) is 11.3 Å². The van der Waals surface area contributed by atoms with E-state index in [0.717, 1.165) is 30.4 Å². The van der Waals surface area contributed by atoms with E-state index < -0.39 is 0 Å². The number of methoxy groups -OCH3 is 1. The van der Waals surface area contributed by atoms with E-state index in [2.05, 4.69) is 15.0 Å². The summed E-state index contributed by atoms with van der Waals surface area (Å²) in [6.07, 6.45) is 2.92. The lowest BCUT2D eigenvalue weighted by Gasteiger charge is -2.06. The third-order valence-corrected chi connectivity index (χ3v) is 3.58. The van der Waals surface area contributed by atoms with Crippen LogP contribution in [0.2, 0.25) is 0 Å². The first kappa shape index (κ1) is 13.5. The molecule has 6 heteroatoms. The van der Waals surface area contributed by atoms with Gasteiger partial charge >= 0.3 is 5.97 Å². The van der Waals surface area contributed by atoms with Gasteiger partial charge in [0.1, 0.15) is 5.69 Å². The maximum atomic E-state index is 11.4. The molecule has 1 heterocycles. The normalized spacial score (nSPS) is 14.0. The van der Waals surface area contributed by atoms with E-state index in [4.69, 9.17) is 0 Å². The van der Waals surface area contributed by atoms with Gasteiger partial charge in [0, 0.05) is 5.92 Å². The number of aldehydes is 1.